The number of hydrogen-bond acceptors (Lipinski definition) is 6. The summed E-state index contributed by atoms with van der Waals surface area (Å²) < 4.78 is 25.1. The van der Waals surface area contributed by atoms with Gasteiger partial charge in [-0.25, -0.2) is 4.39 Å². The zero-order valence-corrected chi connectivity index (χ0v) is 22.3. The molecule has 0 bridgehead atoms. The third kappa shape index (κ3) is 7.31. The summed E-state index contributed by atoms with van der Waals surface area (Å²) in [5.74, 6) is 1.01. The van der Waals surface area contributed by atoms with Gasteiger partial charge in [0.15, 0.2) is 0 Å². The van der Waals surface area contributed by atoms with Gasteiger partial charge in [0.25, 0.3) is 0 Å². The van der Waals surface area contributed by atoms with E-state index >= 15 is 0 Å². The van der Waals surface area contributed by atoms with Crippen molar-refractivity contribution in [2.24, 2.45) is 0 Å². The lowest BCUT2D eigenvalue weighted by atomic mass is 10.0. The first-order valence-corrected chi connectivity index (χ1v) is 13.7. The van der Waals surface area contributed by atoms with E-state index in [1.165, 1.54) is 17.0 Å². The molecule has 198 valence electrons. The highest BCUT2D eigenvalue weighted by Gasteiger charge is 2.33. The number of thiophene rings is 1. The number of nitrogens with zero attached hydrogens (tertiary/aromatic N) is 2. The summed E-state index contributed by atoms with van der Waals surface area (Å²) in [6.45, 7) is 6.35. The lowest BCUT2D eigenvalue weighted by molar-refractivity contribution is -0.136. The monoisotopic (exact) mass is 526 g/mol. The molecule has 1 N–H and O–H groups in total. The molecule has 37 heavy (non-hydrogen) atoms. The number of ether oxygens (including phenoxy) is 2. The van der Waals surface area contributed by atoms with Gasteiger partial charge in [-0.05, 0) is 79.2 Å². The fourth-order valence-corrected chi connectivity index (χ4v) is 5.60. The van der Waals surface area contributed by atoms with Crippen molar-refractivity contribution in [1.82, 2.24) is 9.80 Å². The first-order chi connectivity index (χ1) is 17.9. The van der Waals surface area contributed by atoms with E-state index < -0.39 is 6.10 Å². The summed E-state index contributed by atoms with van der Waals surface area (Å²) in [7, 11) is 0. The molecule has 0 saturated heterocycles. The van der Waals surface area contributed by atoms with E-state index in [0.29, 0.717) is 32.0 Å². The summed E-state index contributed by atoms with van der Waals surface area (Å²) in [6.07, 6.45) is 0.957. The van der Waals surface area contributed by atoms with E-state index in [-0.39, 0.29) is 30.9 Å². The summed E-state index contributed by atoms with van der Waals surface area (Å²) >= 11 is 1.70. The second kappa shape index (κ2) is 13.0. The molecular weight excluding hydrogens is 491 g/mol. The van der Waals surface area contributed by atoms with Crippen LogP contribution in [0.1, 0.15) is 35.4 Å². The van der Waals surface area contributed by atoms with Crippen molar-refractivity contribution in [2.75, 3.05) is 39.4 Å². The topological polar surface area (TPSA) is 62.2 Å². The van der Waals surface area contributed by atoms with Crippen molar-refractivity contribution in [3.05, 3.63) is 81.8 Å². The Morgan fingerprint density at radius 1 is 1.19 bits per heavy atom. The van der Waals surface area contributed by atoms with Gasteiger partial charge in [0, 0.05) is 18.0 Å². The number of para-hydroxylation sites is 1. The SMILES string of the molecule is CCCN(CC(=O)N1CCc2sccc2[C@H]1COc1ccc(F)cc1)C[C@H](O)COc1ccccc1C. The van der Waals surface area contributed by atoms with Crippen LogP contribution < -0.4 is 9.47 Å². The Hall–Kier alpha value is -2.94. The van der Waals surface area contributed by atoms with Gasteiger partial charge < -0.3 is 19.5 Å². The number of hydrogen-bond donors (Lipinski definition) is 1. The van der Waals surface area contributed by atoms with Gasteiger partial charge in [0.05, 0.1) is 12.6 Å². The largest absolute Gasteiger partial charge is 0.491 e. The highest BCUT2D eigenvalue weighted by molar-refractivity contribution is 7.10. The molecule has 1 amide bonds. The van der Waals surface area contributed by atoms with Crippen molar-refractivity contribution >= 4 is 17.2 Å². The molecule has 4 rings (SSSR count). The van der Waals surface area contributed by atoms with Gasteiger partial charge in [-0.3, -0.25) is 9.69 Å². The van der Waals surface area contributed by atoms with Crippen molar-refractivity contribution in [1.29, 1.82) is 0 Å². The molecule has 1 aliphatic rings. The van der Waals surface area contributed by atoms with Crippen LogP contribution >= 0.6 is 11.3 Å². The normalized spacial score (nSPS) is 15.9. The maximum Gasteiger partial charge on any atom is 0.237 e. The molecule has 6 nitrogen and oxygen atoms in total. The Morgan fingerprint density at radius 3 is 2.73 bits per heavy atom. The van der Waals surface area contributed by atoms with Crippen molar-refractivity contribution in [2.45, 2.75) is 38.8 Å². The summed E-state index contributed by atoms with van der Waals surface area (Å²) in [4.78, 5) is 18.7. The predicted octanol–water partition coefficient (Wildman–Crippen LogP) is 4.85. The van der Waals surface area contributed by atoms with Gasteiger partial charge >= 0.3 is 0 Å². The van der Waals surface area contributed by atoms with E-state index in [2.05, 4.69) is 18.4 Å². The highest BCUT2D eigenvalue weighted by Crippen LogP contribution is 2.34. The maximum atomic E-state index is 13.6. The minimum Gasteiger partial charge on any atom is -0.491 e. The molecule has 0 unspecified atom stereocenters. The molecule has 3 aromatic rings. The van der Waals surface area contributed by atoms with Crippen molar-refractivity contribution in [3.8, 4) is 11.5 Å². The predicted molar refractivity (Wildman–Crippen MR) is 144 cm³/mol. The second-order valence-corrected chi connectivity index (χ2v) is 10.4. The Bertz CT molecular complexity index is 1150. The number of halogens is 1. The number of rotatable bonds is 12. The molecule has 2 heterocycles. The van der Waals surface area contributed by atoms with Gasteiger partial charge in [-0.2, -0.15) is 0 Å². The average Bonchev–Trinajstić information content (AvgIpc) is 3.37. The summed E-state index contributed by atoms with van der Waals surface area (Å²) in [5.41, 5.74) is 2.13. The Labute approximate surface area is 222 Å². The van der Waals surface area contributed by atoms with Gasteiger partial charge in [0.2, 0.25) is 5.91 Å². The molecule has 2 atom stereocenters. The summed E-state index contributed by atoms with van der Waals surface area (Å²) in [6, 6.07) is 15.5. The van der Waals surface area contributed by atoms with Crippen LogP contribution in [-0.2, 0) is 11.2 Å². The Balaban J connectivity index is 1.38. The molecule has 0 spiro atoms. The number of carbonyl (C=O) groups is 1. The minimum absolute atomic E-state index is 0.00466. The van der Waals surface area contributed by atoms with Crippen LogP contribution in [0.4, 0.5) is 4.39 Å². The fraction of sp³-hybridized carbons (Fsp3) is 0.414. The highest BCUT2D eigenvalue weighted by atomic mass is 32.1. The molecule has 0 radical (unpaired) electrons. The minimum atomic E-state index is -0.721. The zero-order valence-electron chi connectivity index (χ0n) is 21.4. The quantitative estimate of drug-likeness (QED) is 0.366. The fourth-order valence-electron chi connectivity index (χ4n) is 4.67. The first kappa shape index (κ1) is 27.1. The Morgan fingerprint density at radius 2 is 1.97 bits per heavy atom. The van der Waals surface area contributed by atoms with Crippen LogP contribution in [0.2, 0.25) is 0 Å². The second-order valence-electron chi connectivity index (χ2n) is 9.38. The van der Waals surface area contributed by atoms with Gasteiger partial charge in [-0.1, -0.05) is 25.1 Å². The van der Waals surface area contributed by atoms with Gasteiger partial charge in [0.1, 0.15) is 36.6 Å². The van der Waals surface area contributed by atoms with E-state index in [1.54, 1.807) is 23.5 Å². The smallest absolute Gasteiger partial charge is 0.237 e. The number of benzene rings is 2. The lowest BCUT2D eigenvalue weighted by Crippen LogP contribution is -2.48. The van der Waals surface area contributed by atoms with Crippen LogP contribution in [0.15, 0.2) is 60.0 Å². The van der Waals surface area contributed by atoms with E-state index in [0.717, 1.165) is 29.7 Å². The van der Waals surface area contributed by atoms with Crippen LogP contribution in [0.3, 0.4) is 0 Å². The number of fused-ring (bicyclic) bond motifs is 1. The van der Waals surface area contributed by atoms with Crippen LogP contribution in [-0.4, -0.2) is 66.3 Å². The van der Waals surface area contributed by atoms with Crippen LogP contribution in [0.5, 0.6) is 11.5 Å². The number of aliphatic hydroxyl groups excluding tert-OH is 1. The molecule has 0 saturated carbocycles. The zero-order chi connectivity index (χ0) is 26.2. The molecule has 1 aliphatic heterocycles. The van der Waals surface area contributed by atoms with E-state index in [1.807, 2.05) is 41.0 Å². The lowest BCUT2D eigenvalue weighted by Gasteiger charge is -2.37. The Kier molecular flexibility index (Phi) is 9.55. The molecular formula is C29H35FN2O4S. The number of carbonyl (C=O) groups excluding carboxylic acids is 1. The number of amides is 1. The first-order valence-electron chi connectivity index (χ1n) is 12.8. The molecule has 0 aliphatic carbocycles. The third-order valence-electron chi connectivity index (χ3n) is 6.53. The number of aryl methyl sites for hydroxylation is 1. The van der Waals surface area contributed by atoms with Crippen molar-refractivity contribution in [3.63, 3.8) is 0 Å². The van der Waals surface area contributed by atoms with E-state index in [4.69, 9.17) is 9.47 Å². The number of aliphatic hydroxyl groups is 1. The molecule has 1 aromatic heterocycles. The summed E-state index contributed by atoms with van der Waals surface area (Å²) in [5, 5.41) is 12.7. The molecule has 2 aromatic carbocycles. The standard InChI is InChI=1S/C29H35FN2O4S/c1-3-14-31(17-23(33)19-36-27-7-5-4-6-21(27)2)18-29(34)32-15-12-28-25(13-16-37-28)26(32)20-35-24-10-8-22(30)9-11-24/h4-11,13,16,23,26,33H,3,12,14-15,17-20H2,1-2H3/t23-,26+/m0/s1. The van der Waals surface area contributed by atoms with Crippen molar-refractivity contribution < 1.29 is 23.8 Å². The van der Waals surface area contributed by atoms with Crippen LogP contribution in [0, 0.1) is 12.7 Å². The third-order valence-corrected chi connectivity index (χ3v) is 7.53. The molecule has 8 heteroatoms. The average molecular weight is 527 g/mol. The van der Waals surface area contributed by atoms with Crippen LogP contribution in [0.25, 0.3) is 0 Å². The van der Waals surface area contributed by atoms with E-state index in [9.17, 15) is 14.3 Å². The maximum absolute atomic E-state index is 13.6. The van der Waals surface area contributed by atoms with Gasteiger partial charge in [-0.15, -0.1) is 11.3 Å². The molecule has 0 fully saturated rings.